The third-order valence-corrected chi connectivity index (χ3v) is 2.72. The van der Waals surface area contributed by atoms with E-state index < -0.39 is 23.5 Å². The van der Waals surface area contributed by atoms with E-state index in [2.05, 4.69) is 10.1 Å². The fourth-order valence-corrected chi connectivity index (χ4v) is 1.68. The number of carbonyl (C=O) groups excluding carboxylic acids is 2. The van der Waals surface area contributed by atoms with E-state index in [-0.39, 0.29) is 11.1 Å². The van der Waals surface area contributed by atoms with Crippen molar-refractivity contribution in [1.82, 2.24) is 0 Å². The summed E-state index contributed by atoms with van der Waals surface area (Å²) in [5, 5.41) is 2.49. The lowest BCUT2D eigenvalue weighted by molar-refractivity contribution is 0.0600. The van der Waals surface area contributed by atoms with E-state index in [1.165, 1.54) is 19.2 Å². The van der Waals surface area contributed by atoms with E-state index in [1.54, 1.807) is 12.1 Å². The van der Waals surface area contributed by atoms with Gasteiger partial charge in [-0.2, -0.15) is 0 Å². The van der Waals surface area contributed by atoms with Crippen LogP contribution in [0.2, 0.25) is 0 Å². The Morgan fingerprint density at radius 2 is 1.76 bits per heavy atom. The van der Waals surface area contributed by atoms with E-state index in [1.807, 2.05) is 0 Å². The van der Waals surface area contributed by atoms with Gasteiger partial charge in [0, 0.05) is 11.3 Å². The molecule has 21 heavy (non-hydrogen) atoms. The number of rotatable bonds is 3. The maximum absolute atomic E-state index is 13.1. The van der Waals surface area contributed by atoms with Crippen LogP contribution in [0.5, 0.6) is 0 Å². The molecule has 0 aliphatic carbocycles. The highest BCUT2D eigenvalue weighted by atomic mass is 19.2. The van der Waals surface area contributed by atoms with E-state index >= 15 is 0 Å². The van der Waals surface area contributed by atoms with E-state index in [0.717, 1.165) is 18.2 Å². The second kappa shape index (κ2) is 6.13. The van der Waals surface area contributed by atoms with Gasteiger partial charge in [0.1, 0.15) is 0 Å². The van der Waals surface area contributed by atoms with Crippen LogP contribution in [-0.4, -0.2) is 19.0 Å². The minimum absolute atomic E-state index is 0.0302. The maximum Gasteiger partial charge on any atom is 0.337 e. The number of methoxy groups -OCH3 is 1. The largest absolute Gasteiger partial charge is 0.465 e. The van der Waals surface area contributed by atoms with E-state index in [4.69, 9.17) is 0 Å². The third-order valence-electron chi connectivity index (χ3n) is 2.72. The number of anilines is 1. The monoisotopic (exact) mass is 291 g/mol. The molecule has 0 saturated carbocycles. The number of benzene rings is 2. The number of hydrogen-bond acceptors (Lipinski definition) is 3. The molecule has 2 aromatic rings. The summed E-state index contributed by atoms with van der Waals surface area (Å²) in [7, 11) is 1.24. The number of esters is 1. The lowest BCUT2D eigenvalue weighted by atomic mass is 10.1. The van der Waals surface area contributed by atoms with Crippen LogP contribution in [0.25, 0.3) is 0 Å². The molecule has 0 aromatic heterocycles. The zero-order valence-corrected chi connectivity index (χ0v) is 11.0. The molecule has 0 bridgehead atoms. The summed E-state index contributed by atoms with van der Waals surface area (Å²) in [6, 6.07) is 8.90. The summed E-state index contributed by atoms with van der Waals surface area (Å²) < 4.78 is 30.5. The van der Waals surface area contributed by atoms with Crippen LogP contribution < -0.4 is 5.32 Å². The molecule has 0 heterocycles. The predicted octanol–water partition coefficient (Wildman–Crippen LogP) is 3.00. The Morgan fingerprint density at radius 3 is 2.43 bits per heavy atom. The Bertz CT molecular complexity index is 701. The second-order valence-electron chi connectivity index (χ2n) is 4.16. The standard InChI is InChI=1S/C15H11F2NO3/c1-21-15(20)10-3-2-4-11(7-10)18-14(19)9-5-6-12(16)13(17)8-9/h2-8H,1H3,(H,18,19). The van der Waals surface area contributed by atoms with Crippen molar-refractivity contribution in [2.45, 2.75) is 0 Å². The topological polar surface area (TPSA) is 55.4 Å². The SMILES string of the molecule is COC(=O)c1cccc(NC(=O)c2ccc(F)c(F)c2)c1. The molecule has 2 rings (SSSR count). The quantitative estimate of drug-likeness (QED) is 0.884. The highest BCUT2D eigenvalue weighted by Crippen LogP contribution is 2.14. The van der Waals surface area contributed by atoms with E-state index in [9.17, 15) is 18.4 Å². The number of carbonyl (C=O) groups is 2. The van der Waals surface area contributed by atoms with Crippen LogP contribution >= 0.6 is 0 Å². The van der Waals surface area contributed by atoms with Crippen molar-refractivity contribution >= 4 is 17.6 Å². The summed E-state index contributed by atoms with van der Waals surface area (Å²) in [6.45, 7) is 0. The predicted molar refractivity (Wildman–Crippen MR) is 72.1 cm³/mol. The minimum Gasteiger partial charge on any atom is -0.465 e. The van der Waals surface area contributed by atoms with Gasteiger partial charge in [-0.3, -0.25) is 4.79 Å². The second-order valence-corrected chi connectivity index (χ2v) is 4.16. The average molecular weight is 291 g/mol. The Kier molecular flexibility index (Phi) is 4.27. The molecule has 6 heteroatoms. The molecule has 1 amide bonds. The van der Waals surface area contributed by atoms with Crippen molar-refractivity contribution in [3.63, 3.8) is 0 Å². The van der Waals surface area contributed by atoms with Crippen molar-refractivity contribution < 1.29 is 23.1 Å². The van der Waals surface area contributed by atoms with Crippen LogP contribution in [0, 0.1) is 11.6 Å². The highest BCUT2D eigenvalue weighted by molar-refractivity contribution is 6.04. The molecular formula is C15H11F2NO3. The molecule has 0 saturated heterocycles. The first kappa shape index (κ1) is 14.6. The van der Waals surface area contributed by atoms with Crippen LogP contribution in [0.1, 0.15) is 20.7 Å². The Labute approximate surface area is 119 Å². The molecule has 0 spiro atoms. The van der Waals surface area contributed by atoms with Crippen molar-refractivity contribution in [1.29, 1.82) is 0 Å². The Hall–Kier alpha value is -2.76. The first-order valence-corrected chi connectivity index (χ1v) is 5.96. The Morgan fingerprint density at radius 1 is 1.00 bits per heavy atom. The van der Waals surface area contributed by atoms with Gasteiger partial charge in [0.15, 0.2) is 11.6 Å². The average Bonchev–Trinajstić information content (AvgIpc) is 2.49. The molecule has 0 aliphatic heterocycles. The fourth-order valence-electron chi connectivity index (χ4n) is 1.68. The first-order valence-electron chi connectivity index (χ1n) is 5.96. The summed E-state index contributed by atoms with van der Waals surface area (Å²) in [6.07, 6.45) is 0. The number of hydrogen-bond donors (Lipinski definition) is 1. The van der Waals surface area contributed by atoms with Gasteiger partial charge in [-0.05, 0) is 36.4 Å². The lowest BCUT2D eigenvalue weighted by Crippen LogP contribution is -2.13. The maximum atomic E-state index is 13.1. The van der Waals surface area contributed by atoms with Gasteiger partial charge in [-0.25, -0.2) is 13.6 Å². The molecule has 0 aliphatic rings. The molecular weight excluding hydrogens is 280 g/mol. The normalized spacial score (nSPS) is 10.0. The van der Waals surface area contributed by atoms with Gasteiger partial charge in [0.2, 0.25) is 0 Å². The smallest absolute Gasteiger partial charge is 0.337 e. The van der Waals surface area contributed by atoms with Crippen LogP contribution in [0.4, 0.5) is 14.5 Å². The molecule has 2 aromatic carbocycles. The number of halogens is 2. The van der Waals surface area contributed by atoms with Gasteiger partial charge in [0.25, 0.3) is 5.91 Å². The summed E-state index contributed by atoms with van der Waals surface area (Å²) in [5.74, 6) is -3.29. The zero-order valence-electron chi connectivity index (χ0n) is 11.0. The minimum atomic E-state index is -1.11. The molecule has 0 fully saturated rings. The van der Waals surface area contributed by atoms with Crippen molar-refractivity contribution in [3.8, 4) is 0 Å². The lowest BCUT2D eigenvalue weighted by Gasteiger charge is -2.07. The van der Waals surface area contributed by atoms with Crippen LogP contribution in [0.15, 0.2) is 42.5 Å². The van der Waals surface area contributed by atoms with E-state index in [0.29, 0.717) is 5.69 Å². The first-order chi connectivity index (χ1) is 10.0. The fraction of sp³-hybridized carbons (Fsp3) is 0.0667. The molecule has 0 atom stereocenters. The third kappa shape index (κ3) is 3.42. The molecule has 1 N–H and O–H groups in total. The Balaban J connectivity index is 2.19. The molecule has 0 unspecified atom stereocenters. The van der Waals surface area contributed by atoms with Crippen molar-refractivity contribution in [2.24, 2.45) is 0 Å². The van der Waals surface area contributed by atoms with Gasteiger partial charge < -0.3 is 10.1 Å². The number of ether oxygens (including phenoxy) is 1. The number of nitrogens with one attached hydrogen (secondary N) is 1. The molecule has 0 radical (unpaired) electrons. The highest BCUT2D eigenvalue weighted by Gasteiger charge is 2.11. The zero-order chi connectivity index (χ0) is 15.4. The van der Waals surface area contributed by atoms with Crippen molar-refractivity contribution in [2.75, 3.05) is 12.4 Å². The van der Waals surface area contributed by atoms with Gasteiger partial charge in [-0.1, -0.05) is 6.07 Å². The van der Waals surface area contributed by atoms with Gasteiger partial charge in [0.05, 0.1) is 12.7 Å². The van der Waals surface area contributed by atoms with Gasteiger partial charge >= 0.3 is 5.97 Å². The number of amides is 1. The summed E-state index contributed by atoms with van der Waals surface area (Å²) >= 11 is 0. The van der Waals surface area contributed by atoms with Crippen LogP contribution in [0.3, 0.4) is 0 Å². The molecule has 108 valence electrons. The molecule has 4 nitrogen and oxygen atoms in total. The summed E-state index contributed by atoms with van der Waals surface area (Å²) in [4.78, 5) is 23.3. The van der Waals surface area contributed by atoms with Gasteiger partial charge in [-0.15, -0.1) is 0 Å². The van der Waals surface area contributed by atoms with Crippen LogP contribution in [-0.2, 0) is 4.74 Å². The van der Waals surface area contributed by atoms with Crippen molar-refractivity contribution in [3.05, 3.63) is 65.2 Å². The summed E-state index contributed by atoms with van der Waals surface area (Å²) in [5.41, 5.74) is 0.575.